The molecule has 1 aliphatic rings. The standard InChI is InChI=1S/C16H23N3O/c1-17-7-9-19(10-8-17)11-12-20-15-4-3-14-5-6-18(2)16(14)13-15/h3-6,13H,7-12H2,1-2H3. The molecule has 0 N–H and O–H groups in total. The van der Waals surface area contributed by atoms with E-state index in [1.807, 2.05) is 0 Å². The Morgan fingerprint density at radius 1 is 1.05 bits per heavy atom. The molecule has 0 amide bonds. The van der Waals surface area contributed by atoms with Crippen molar-refractivity contribution in [2.45, 2.75) is 0 Å². The molecule has 2 heterocycles. The first-order chi connectivity index (χ1) is 9.72. The minimum absolute atomic E-state index is 0.764. The minimum atomic E-state index is 0.764. The summed E-state index contributed by atoms with van der Waals surface area (Å²) in [5.41, 5.74) is 1.22. The monoisotopic (exact) mass is 273 g/mol. The molecule has 0 atom stereocenters. The van der Waals surface area contributed by atoms with E-state index < -0.39 is 0 Å². The van der Waals surface area contributed by atoms with Crippen molar-refractivity contribution in [1.82, 2.24) is 14.4 Å². The Hall–Kier alpha value is -1.52. The number of nitrogens with zero attached hydrogens (tertiary/aromatic N) is 3. The van der Waals surface area contributed by atoms with Crippen molar-refractivity contribution in [3.63, 3.8) is 0 Å². The van der Waals surface area contributed by atoms with Crippen LogP contribution in [0.5, 0.6) is 5.75 Å². The van der Waals surface area contributed by atoms with Crippen LogP contribution in [0.3, 0.4) is 0 Å². The van der Waals surface area contributed by atoms with Gasteiger partial charge in [0, 0.05) is 52.0 Å². The maximum absolute atomic E-state index is 5.90. The summed E-state index contributed by atoms with van der Waals surface area (Å²) < 4.78 is 8.03. The average molecular weight is 273 g/mol. The van der Waals surface area contributed by atoms with Gasteiger partial charge < -0.3 is 14.2 Å². The van der Waals surface area contributed by atoms with Crippen LogP contribution in [0.25, 0.3) is 10.9 Å². The molecule has 0 radical (unpaired) electrons. The molecule has 0 bridgehead atoms. The quantitative estimate of drug-likeness (QED) is 0.847. The molecule has 1 aromatic carbocycles. The number of rotatable bonds is 4. The molecule has 3 rings (SSSR count). The molecule has 2 aromatic rings. The number of fused-ring (bicyclic) bond motifs is 1. The fraction of sp³-hybridized carbons (Fsp3) is 0.500. The van der Waals surface area contributed by atoms with E-state index >= 15 is 0 Å². The van der Waals surface area contributed by atoms with Crippen LogP contribution in [-0.4, -0.2) is 60.7 Å². The van der Waals surface area contributed by atoms with Crippen LogP contribution >= 0.6 is 0 Å². The highest BCUT2D eigenvalue weighted by Crippen LogP contribution is 2.21. The number of aromatic nitrogens is 1. The molecular weight excluding hydrogens is 250 g/mol. The van der Waals surface area contributed by atoms with E-state index in [1.54, 1.807) is 0 Å². The maximum Gasteiger partial charge on any atom is 0.121 e. The lowest BCUT2D eigenvalue weighted by atomic mass is 10.2. The van der Waals surface area contributed by atoms with Crippen LogP contribution in [0.4, 0.5) is 0 Å². The molecule has 1 saturated heterocycles. The van der Waals surface area contributed by atoms with Crippen molar-refractivity contribution >= 4 is 10.9 Å². The summed E-state index contributed by atoms with van der Waals surface area (Å²) in [6, 6.07) is 8.44. The van der Waals surface area contributed by atoms with Gasteiger partial charge >= 0.3 is 0 Å². The summed E-state index contributed by atoms with van der Waals surface area (Å²) in [5.74, 6) is 0.966. The van der Waals surface area contributed by atoms with Crippen molar-refractivity contribution in [3.8, 4) is 5.75 Å². The number of aryl methyl sites for hydroxylation is 1. The molecule has 1 aromatic heterocycles. The Balaban J connectivity index is 1.53. The highest BCUT2D eigenvalue weighted by Gasteiger charge is 2.13. The van der Waals surface area contributed by atoms with E-state index in [1.165, 1.54) is 10.9 Å². The predicted molar refractivity (Wildman–Crippen MR) is 82.4 cm³/mol. The second kappa shape index (κ2) is 5.85. The summed E-state index contributed by atoms with van der Waals surface area (Å²) in [6.07, 6.45) is 2.08. The zero-order chi connectivity index (χ0) is 13.9. The van der Waals surface area contributed by atoms with E-state index in [2.05, 4.69) is 58.9 Å². The van der Waals surface area contributed by atoms with Gasteiger partial charge in [0.05, 0.1) is 5.52 Å². The summed E-state index contributed by atoms with van der Waals surface area (Å²) in [5, 5.41) is 1.26. The largest absolute Gasteiger partial charge is 0.492 e. The number of likely N-dealkylation sites (N-methyl/N-ethyl adjacent to an activating group) is 1. The Kier molecular flexibility index (Phi) is 3.94. The lowest BCUT2D eigenvalue weighted by Crippen LogP contribution is -2.45. The van der Waals surface area contributed by atoms with Gasteiger partial charge in [-0.2, -0.15) is 0 Å². The van der Waals surface area contributed by atoms with E-state index in [9.17, 15) is 0 Å². The summed E-state index contributed by atoms with van der Waals surface area (Å²) in [4.78, 5) is 4.85. The second-order valence-corrected chi connectivity index (χ2v) is 5.64. The fourth-order valence-electron chi connectivity index (χ4n) is 2.70. The molecule has 0 unspecified atom stereocenters. The van der Waals surface area contributed by atoms with Crippen molar-refractivity contribution < 1.29 is 4.74 Å². The van der Waals surface area contributed by atoms with Crippen LogP contribution in [0, 0.1) is 0 Å². The smallest absolute Gasteiger partial charge is 0.121 e. The molecule has 108 valence electrons. The van der Waals surface area contributed by atoms with Crippen LogP contribution in [0.2, 0.25) is 0 Å². The van der Waals surface area contributed by atoms with Crippen molar-refractivity contribution in [2.24, 2.45) is 7.05 Å². The summed E-state index contributed by atoms with van der Waals surface area (Å²) >= 11 is 0. The molecule has 0 saturated carbocycles. The lowest BCUT2D eigenvalue weighted by molar-refractivity contribution is 0.134. The Bertz CT molecular complexity index is 570. The van der Waals surface area contributed by atoms with Crippen LogP contribution < -0.4 is 4.74 Å². The molecule has 1 fully saturated rings. The third-order valence-corrected chi connectivity index (χ3v) is 4.13. The topological polar surface area (TPSA) is 20.6 Å². The van der Waals surface area contributed by atoms with Gasteiger partial charge in [0.25, 0.3) is 0 Å². The van der Waals surface area contributed by atoms with Gasteiger partial charge in [-0.3, -0.25) is 4.90 Å². The summed E-state index contributed by atoms with van der Waals surface area (Å²) in [7, 11) is 4.25. The van der Waals surface area contributed by atoms with Gasteiger partial charge in [0.15, 0.2) is 0 Å². The van der Waals surface area contributed by atoms with Gasteiger partial charge in [-0.25, -0.2) is 0 Å². The zero-order valence-electron chi connectivity index (χ0n) is 12.4. The van der Waals surface area contributed by atoms with Crippen molar-refractivity contribution in [1.29, 1.82) is 0 Å². The van der Waals surface area contributed by atoms with Gasteiger partial charge in [-0.15, -0.1) is 0 Å². The van der Waals surface area contributed by atoms with E-state index in [0.29, 0.717) is 0 Å². The first-order valence-electron chi connectivity index (χ1n) is 7.31. The average Bonchev–Trinajstić information content (AvgIpc) is 2.83. The summed E-state index contributed by atoms with van der Waals surface area (Å²) in [6.45, 7) is 6.40. The minimum Gasteiger partial charge on any atom is -0.492 e. The molecular formula is C16H23N3O. The number of ether oxygens (including phenoxy) is 1. The Morgan fingerprint density at radius 3 is 2.65 bits per heavy atom. The number of piperazine rings is 1. The normalized spacial score (nSPS) is 17.7. The SMILES string of the molecule is CN1CCN(CCOc2ccc3ccn(C)c3c2)CC1. The lowest BCUT2D eigenvalue weighted by Gasteiger charge is -2.32. The highest BCUT2D eigenvalue weighted by molar-refractivity contribution is 5.81. The molecule has 0 spiro atoms. The molecule has 4 heteroatoms. The first kappa shape index (κ1) is 13.5. The molecule has 4 nitrogen and oxygen atoms in total. The van der Waals surface area contributed by atoms with E-state index in [0.717, 1.165) is 45.1 Å². The fourth-order valence-corrected chi connectivity index (χ4v) is 2.70. The van der Waals surface area contributed by atoms with E-state index in [-0.39, 0.29) is 0 Å². The van der Waals surface area contributed by atoms with Crippen LogP contribution in [0.15, 0.2) is 30.5 Å². The Labute approximate surface area is 120 Å². The van der Waals surface area contributed by atoms with Crippen molar-refractivity contribution in [2.75, 3.05) is 46.4 Å². The third-order valence-electron chi connectivity index (χ3n) is 4.13. The van der Waals surface area contributed by atoms with Crippen molar-refractivity contribution in [3.05, 3.63) is 30.5 Å². The molecule has 0 aliphatic carbocycles. The maximum atomic E-state index is 5.90. The zero-order valence-corrected chi connectivity index (χ0v) is 12.4. The Morgan fingerprint density at radius 2 is 1.85 bits per heavy atom. The highest BCUT2D eigenvalue weighted by atomic mass is 16.5. The second-order valence-electron chi connectivity index (χ2n) is 5.64. The number of hydrogen-bond acceptors (Lipinski definition) is 3. The van der Waals surface area contributed by atoms with Gasteiger partial charge in [0.1, 0.15) is 12.4 Å². The third kappa shape index (κ3) is 2.97. The van der Waals surface area contributed by atoms with Gasteiger partial charge in [0.2, 0.25) is 0 Å². The van der Waals surface area contributed by atoms with Gasteiger partial charge in [-0.05, 0) is 30.6 Å². The van der Waals surface area contributed by atoms with Crippen LogP contribution in [0.1, 0.15) is 0 Å². The predicted octanol–water partition coefficient (Wildman–Crippen LogP) is 1.80. The first-order valence-corrected chi connectivity index (χ1v) is 7.31. The molecule has 20 heavy (non-hydrogen) atoms. The van der Waals surface area contributed by atoms with E-state index in [4.69, 9.17) is 4.74 Å². The molecule has 1 aliphatic heterocycles. The van der Waals surface area contributed by atoms with Gasteiger partial charge in [-0.1, -0.05) is 0 Å². The number of hydrogen-bond donors (Lipinski definition) is 0. The van der Waals surface area contributed by atoms with Crippen LogP contribution in [-0.2, 0) is 7.05 Å². The number of benzene rings is 1.